The van der Waals surface area contributed by atoms with Crippen molar-refractivity contribution in [1.29, 1.82) is 0 Å². The fourth-order valence-corrected chi connectivity index (χ4v) is 2.29. The Labute approximate surface area is 143 Å². The SMILES string of the molecule is Fc1ccc(CCNc2cnnc(Nc3ccccc3Cl)n2)cc1. The van der Waals surface area contributed by atoms with Crippen molar-refractivity contribution < 1.29 is 4.39 Å². The Balaban J connectivity index is 1.59. The Morgan fingerprint density at radius 2 is 1.83 bits per heavy atom. The lowest BCUT2D eigenvalue weighted by atomic mass is 10.1. The molecule has 3 aromatic rings. The number of benzene rings is 2. The second-order valence-corrected chi connectivity index (χ2v) is 5.48. The smallest absolute Gasteiger partial charge is 0.249 e. The van der Waals surface area contributed by atoms with Crippen LogP contribution in [-0.2, 0) is 6.42 Å². The number of hydrogen-bond donors (Lipinski definition) is 2. The van der Waals surface area contributed by atoms with Gasteiger partial charge in [0, 0.05) is 6.54 Å². The quantitative estimate of drug-likeness (QED) is 0.706. The molecular formula is C17H15ClFN5. The van der Waals surface area contributed by atoms with E-state index in [4.69, 9.17) is 11.6 Å². The number of nitrogens with zero attached hydrogens (tertiary/aromatic N) is 3. The summed E-state index contributed by atoms with van der Waals surface area (Å²) >= 11 is 6.10. The highest BCUT2D eigenvalue weighted by Crippen LogP contribution is 2.23. The molecule has 0 aliphatic heterocycles. The first-order chi connectivity index (χ1) is 11.7. The molecule has 2 aromatic carbocycles. The average molecular weight is 344 g/mol. The van der Waals surface area contributed by atoms with Crippen LogP contribution in [0.5, 0.6) is 0 Å². The van der Waals surface area contributed by atoms with Crippen LogP contribution in [0, 0.1) is 5.82 Å². The van der Waals surface area contributed by atoms with Gasteiger partial charge in [0.2, 0.25) is 5.95 Å². The summed E-state index contributed by atoms with van der Waals surface area (Å²) in [5.74, 6) is 0.721. The molecule has 1 aromatic heterocycles. The number of aromatic nitrogens is 3. The van der Waals surface area contributed by atoms with E-state index in [0.717, 1.165) is 12.0 Å². The molecule has 0 spiro atoms. The molecule has 0 amide bonds. The average Bonchev–Trinajstić information content (AvgIpc) is 2.59. The number of anilines is 3. The van der Waals surface area contributed by atoms with Gasteiger partial charge in [0.15, 0.2) is 5.82 Å². The maximum atomic E-state index is 12.9. The molecule has 1 heterocycles. The molecule has 3 rings (SSSR count). The lowest BCUT2D eigenvalue weighted by molar-refractivity contribution is 0.627. The van der Waals surface area contributed by atoms with Gasteiger partial charge in [0.1, 0.15) is 5.82 Å². The molecule has 0 radical (unpaired) electrons. The summed E-state index contributed by atoms with van der Waals surface area (Å²) in [4.78, 5) is 4.34. The molecular weight excluding hydrogens is 329 g/mol. The Hall–Kier alpha value is -2.73. The summed E-state index contributed by atoms with van der Waals surface area (Å²) in [5.41, 5.74) is 1.75. The van der Waals surface area contributed by atoms with Crippen LogP contribution in [-0.4, -0.2) is 21.7 Å². The Bertz CT molecular complexity index is 810. The number of rotatable bonds is 6. The van der Waals surface area contributed by atoms with Gasteiger partial charge in [-0.15, -0.1) is 5.10 Å². The molecule has 0 saturated heterocycles. The van der Waals surface area contributed by atoms with Gasteiger partial charge in [-0.2, -0.15) is 10.1 Å². The van der Waals surface area contributed by atoms with Gasteiger partial charge >= 0.3 is 0 Å². The second kappa shape index (κ2) is 7.70. The van der Waals surface area contributed by atoms with Crippen LogP contribution < -0.4 is 10.6 Å². The highest BCUT2D eigenvalue weighted by Gasteiger charge is 2.04. The third kappa shape index (κ3) is 4.39. The number of para-hydroxylation sites is 1. The lowest BCUT2D eigenvalue weighted by Crippen LogP contribution is -2.08. The third-order valence-electron chi connectivity index (χ3n) is 3.31. The summed E-state index contributed by atoms with van der Waals surface area (Å²) in [7, 11) is 0. The third-order valence-corrected chi connectivity index (χ3v) is 3.64. The van der Waals surface area contributed by atoms with Crippen LogP contribution in [0.15, 0.2) is 54.7 Å². The van der Waals surface area contributed by atoms with E-state index in [-0.39, 0.29) is 5.82 Å². The van der Waals surface area contributed by atoms with Crippen LogP contribution in [0.3, 0.4) is 0 Å². The molecule has 122 valence electrons. The van der Waals surface area contributed by atoms with Gasteiger partial charge in [0.25, 0.3) is 0 Å². The van der Waals surface area contributed by atoms with Crippen molar-refractivity contribution in [3.8, 4) is 0 Å². The van der Waals surface area contributed by atoms with Gasteiger partial charge < -0.3 is 10.6 Å². The van der Waals surface area contributed by atoms with E-state index in [9.17, 15) is 4.39 Å². The van der Waals surface area contributed by atoms with Gasteiger partial charge in [0.05, 0.1) is 16.9 Å². The normalized spacial score (nSPS) is 10.4. The molecule has 0 atom stereocenters. The molecule has 0 bridgehead atoms. The summed E-state index contributed by atoms with van der Waals surface area (Å²) in [6, 6.07) is 13.8. The lowest BCUT2D eigenvalue weighted by Gasteiger charge is -2.08. The second-order valence-electron chi connectivity index (χ2n) is 5.07. The largest absolute Gasteiger partial charge is 0.368 e. The minimum atomic E-state index is -0.234. The van der Waals surface area contributed by atoms with Crippen molar-refractivity contribution in [2.24, 2.45) is 0 Å². The van der Waals surface area contributed by atoms with E-state index >= 15 is 0 Å². The van der Waals surface area contributed by atoms with Crippen LogP contribution in [0.25, 0.3) is 0 Å². The topological polar surface area (TPSA) is 62.7 Å². The zero-order chi connectivity index (χ0) is 16.8. The monoisotopic (exact) mass is 343 g/mol. The molecule has 7 heteroatoms. The minimum Gasteiger partial charge on any atom is -0.368 e. The molecule has 0 aliphatic carbocycles. The predicted octanol–water partition coefficient (Wildman–Crippen LogP) is 4.06. The van der Waals surface area contributed by atoms with Crippen molar-refractivity contribution in [2.75, 3.05) is 17.2 Å². The zero-order valence-corrected chi connectivity index (χ0v) is 13.5. The molecule has 24 heavy (non-hydrogen) atoms. The maximum Gasteiger partial charge on any atom is 0.249 e. The predicted molar refractivity (Wildman–Crippen MR) is 93.2 cm³/mol. The van der Waals surface area contributed by atoms with Crippen molar-refractivity contribution >= 4 is 29.1 Å². The van der Waals surface area contributed by atoms with E-state index in [2.05, 4.69) is 25.8 Å². The van der Waals surface area contributed by atoms with E-state index in [0.29, 0.717) is 29.0 Å². The summed E-state index contributed by atoms with van der Waals surface area (Å²) in [5, 5.41) is 14.6. The molecule has 0 saturated carbocycles. The van der Waals surface area contributed by atoms with Crippen LogP contribution >= 0.6 is 11.6 Å². The fourth-order valence-electron chi connectivity index (χ4n) is 2.11. The Morgan fingerprint density at radius 3 is 2.62 bits per heavy atom. The van der Waals surface area contributed by atoms with Crippen molar-refractivity contribution in [1.82, 2.24) is 15.2 Å². The van der Waals surface area contributed by atoms with E-state index in [1.165, 1.54) is 12.1 Å². The maximum absolute atomic E-state index is 12.9. The molecule has 0 fully saturated rings. The van der Waals surface area contributed by atoms with Gasteiger partial charge in [-0.3, -0.25) is 0 Å². The Kier molecular flexibility index (Phi) is 5.18. The highest BCUT2D eigenvalue weighted by atomic mass is 35.5. The molecule has 2 N–H and O–H groups in total. The summed E-state index contributed by atoms with van der Waals surface area (Å²) in [6.45, 7) is 0.649. The van der Waals surface area contributed by atoms with Gasteiger partial charge in [-0.25, -0.2) is 4.39 Å². The van der Waals surface area contributed by atoms with E-state index in [1.54, 1.807) is 24.4 Å². The zero-order valence-electron chi connectivity index (χ0n) is 12.7. The van der Waals surface area contributed by atoms with Crippen molar-refractivity contribution in [3.05, 3.63) is 71.1 Å². The summed E-state index contributed by atoms with van der Waals surface area (Å²) in [6.07, 6.45) is 2.29. The van der Waals surface area contributed by atoms with Crippen LogP contribution in [0.4, 0.5) is 21.8 Å². The van der Waals surface area contributed by atoms with Crippen LogP contribution in [0.1, 0.15) is 5.56 Å². The van der Waals surface area contributed by atoms with Crippen molar-refractivity contribution in [3.63, 3.8) is 0 Å². The minimum absolute atomic E-state index is 0.234. The van der Waals surface area contributed by atoms with Gasteiger partial charge in [-0.05, 0) is 36.2 Å². The fraction of sp³-hybridized carbons (Fsp3) is 0.118. The van der Waals surface area contributed by atoms with E-state index < -0.39 is 0 Å². The molecule has 0 aliphatic rings. The van der Waals surface area contributed by atoms with Crippen LogP contribution in [0.2, 0.25) is 5.02 Å². The van der Waals surface area contributed by atoms with Crippen molar-refractivity contribution in [2.45, 2.75) is 6.42 Å². The first kappa shape index (κ1) is 16.1. The number of hydrogen-bond acceptors (Lipinski definition) is 5. The molecule has 5 nitrogen and oxygen atoms in total. The Morgan fingerprint density at radius 1 is 1.04 bits per heavy atom. The highest BCUT2D eigenvalue weighted by molar-refractivity contribution is 6.33. The first-order valence-corrected chi connectivity index (χ1v) is 7.78. The van der Waals surface area contributed by atoms with E-state index in [1.807, 2.05) is 18.2 Å². The number of nitrogens with one attached hydrogen (secondary N) is 2. The number of halogens is 2. The standard InChI is InChI=1S/C17H15ClFN5/c18-14-3-1-2-4-15(14)22-17-23-16(11-21-24-17)20-10-9-12-5-7-13(19)8-6-12/h1-8,11H,9-10H2,(H2,20,22,23,24). The molecule has 0 unspecified atom stereocenters. The van der Waals surface area contributed by atoms with Gasteiger partial charge in [-0.1, -0.05) is 35.9 Å². The first-order valence-electron chi connectivity index (χ1n) is 7.40. The summed E-state index contributed by atoms with van der Waals surface area (Å²) < 4.78 is 12.9.